The lowest BCUT2D eigenvalue weighted by Gasteiger charge is -2.24. The molecule has 1 aliphatic heterocycles. The highest BCUT2D eigenvalue weighted by Gasteiger charge is 2.16. The van der Waals surface area contributed by atoms with Crippen molar-refractivity contribution in [2.45, 2.75) is 20.0 Å². The highest BCUT2D eigenvalue weighted by molar-refractivity contribution is 5.96. The fourth-order valence-electron chi connectivity index (χ4n) is 3.40. The lowest BCUT2D eigenvalue weighted by molar-refractivity contribution is -0.921. The van der Waals surface area contributed by atoms with Gasteiger partial charge < -0.3 is 25.0 Å². The van der Waals surface area contributed by atoms with Gasteiger partial charge in [0.25, 0.3) is 5.91 Å². The van der Waals surface area contributed by atoms with Crippen LogP contribution in [0.3, 0.4) is 0 Å². The Hall–Kier alpha value is -2.90. The van der Waals surface area contributed by atoms with Gasteiger partial charge in [0.1, 0.15) is 25.4 Å². The first kappa shape index (κ1) is 21.8. The number of carbonyl (C=O) groups excluding carboxylic acids is 2. The van der Waals surface area contributed by atoms with Crippen LogP contribution in [0.1, 0.15) is 28.4 Å². The highest BCUT2D eigenvalue weighted by atomic mass is 16.5. The minimum Gasteiger partial charge on any atom is -0.494 e. The normalized spacial score (nSPS) is 14.2. The average Bonchev–Trinajstić information content (AvgIpc) is 2.78. The van der Waals surface area contributed by atoms with Crippen LogP contribution in [0.4, 0.5) is 0 Å². The number of hydrogen-bond donors (Lipinski definition) is 3. The first-order valence-electron chi connectivity index (χ1n) is 10.4. The maximum Gasteiger partial charge on any atom is 0.251 e. The van der Waals surface area contributed by atoms with Crippen molar-refractivity contribution >= 4 is 11.8 Å². The molecule has 7 nitrogen and oxygen atoms in total. The zero-order valence-electron chi connectivity index (χ0n) is 17.4. The minimum absolute atomic E-state index is 0.0665. The molecule has 0 unspecified atom stereocenters. The van der Waals surface area contributed by atoms with Gasteiger partial charge in [-0.05, 0) is 36.8 Å². The van der Waals surface area contributed by atoms with E-state index in [0.717, 1.165) is 38.4 Å². The summed E-state index contributed by atoms with van der Waals surface area (Å²) in [4.78, 5) is 25.9. The van der Waals surface area contributed by atoms with Gasteiger partial charge in [-0.15, -0.1) is 0 Å². The SMILES string of the molecule is CCOc1ccc(C(=O)NCC(=O)NCc2ccccc2C[NH+]2CCOCC2)cc1. The zero-order chi connectivity index (χ0) is 21.2. The van der Waals surface area contributed by atoms with Crippen LogP contribution in [0.25, 0.3) is 0 Å². The van der Waals surface area contributed by atoms with Gasteiger partial charge in [0.2, 0.25) is 5.91 Å². The second-order valence-electron chi connectivity index (χ2n) is 7.22. The number of ether oxygens (including phenoxy) is 2. The molecule has 2 aromatic carbocycles. The van der Waals surface area contributed by atoms with E-state index in [1.54, 1.807) is 24.3 Å². The lowest BCUT2D eigenvalue weighted by Crippen LogP contribution is -3.12. The molecule has 2 aromatic rings. The van der Waals surface area contributed by atoms with Gasteiger partial charge in [-0.2, -0.15) is 0 Å². The summed E-state index contributed by atoms with van der Waals surface area (Å²) in [6, 6.07) is 15.0. The second kappa shape index (κ2) is 11.3. The van der Waals surface area contributed by atoms with Crippen molar-refractivity contribution in [3.8, 4) is 5.75 Å². The molecule has 1 fully saturated rings. The van der Waals surface area contributed by atoms with Gasteiger partial charge >= 0.3 is 0 Å². The van der Waals surface area contributed by atoms with Crippen LogP contribution in [-0.4, -0.2) is 51.3 Å². The van der Waals surface area contributed by atoms with Crippen LogP contribution >= 0.6 is 0 Å². The van der Waals surface area contributed by atoms with Gasteiger partial charge in [-0.3, -0.25) is 9.59 Å². The molecule has 160 valence electrons. The summed E-state index contributed by atoms with van der Waals surface area (Å²) in [5.41, 5.74) is 2.82. The van der Waals surface area contributed by atoms with Crippen molar-refractivity contribution in [1.29, 1.82) is 0 Å². The number of nitrogens with one attached hydrogen (secondary N) is 3. The molecule has 1 saturated heterocycles. The monoisotopic (exact) mass is 412 g/mol. The third-order valence-corrected chi connectivity index (χ3v) is 5.07. The smallest absolute Gasteiger partial charge is 0.251 e. The van der Waals surface area contributed by atoms with Crippen LogP contribution in [0.5, 0.6) is 5.75 Å². The average molecular weight is 413 g/mol. The van der Waals surface area contributed by atoms with E-state index in [-0.39, 0.29) is 18.4 Å². The Bertz CT molecular complexity index is 833. The lowest BCUT2D eigenvalue weighted by atomic mass is 10.1. The summed E-state index contributed by atoms with van der Waals surface area (Å²) in [5, 5.41) is 5.56. The predicted octanol–water partition coefficient (Wildman–Crippen LogP) is 0.547. The summed E-state index contributed by atoms with van der Waals surface area (Å²) in [6.07, 6.45) is 0. The van der Waals surface area contributed by atoms with Crippen LogP contribution in [0.2, 0.25) is 0 Å². The molecule has 3 rings (SSSR count). The van der Waals surface area contributed by atoms with Crippen LogP contribution in [0.15, 0.2) is 48.5 Å². The van der Waals surface area contributed by atoms with E-state index >= 15 is 0 Å². The Labute approximate surface area is 177 Å². The van der Waals surface area contributed by atoms with E-state index in [4.69, 9.17) is 9.47 Å². The summed E-state index contributed by atoms with van der Waals surface area (Å²) in [6.45, 7) is 7.36. The molecule has 0 aromatic heterocycles. The summed E-state index contributed by atoms with van der Waals surface area (Å²) in [5.74, 6) is 0.205. The van der Waals surface area contributed by atoms with Gasteiger partial charge in [0, 0.05) is 17.7 Å². The van der Waals surface area contributed by atoms with Crippen LogP contribution in [-0.2, 0) is 22.6 Å². The highest BCUT2D eigenvalue weighted by Crippen LogP contribution is 2.12. The van der Waals surface area contributed by atoms with Crippen molar-refractivity contribution < 1.29 is 24.0 Å². The number of morpholine rings is 1. The zero-order valence-corrected chi connectivity index (χ0v) is 17.4. The maximum atomic E-state index is 12.2. The molecule has 0 bridgehead atoms. The summed E-state index contributed by atoms with van der Waals surface area (Å²) < 4.78 is 10.8. The number of benzene rings is 2. The Morgan fingerprint density at radius 3 is 2.40 bits per heavy atom. The quantitative estimate of drug-likeness (QED) is 0.562. The molecule has 30 heavy (non-hydrogen) atoms. The first-order valence-corrected chi connectivity index (χ1v) is 10.4. The molecule has 2 amide bonds. The Morgan fingerprint density at radius 2 is 1.70 bits per heavy atom. The van der Waals surface area contributed by atoms with E-state index in [0.29, 0.717) is 24.5 Å². The van der Waals surface area contributed by atoms with E-state index in [1.165, 1.54) is 10.5 Å². The number of amides is 2. The van der Waals surface area contributed by atoms with Gasteiger partial charge in [0.05, 0.1) is 26.4 Å². The number of hydrogen-bond acceptors (Lipinski definition) is 4. The van der Waals surface area contributed by atoms with Crippen LogP contribution < -0.4 is 20.3 Å². The van der Waals surface area contributed by atoms with E-state index in [1.807, 2.05) is 25.1 Å². The molecule has 1 aliphatic rings. The largest absolute Gasteiger partial charge is 0.494 e. The van der Waals surface area contributed by atoms with Crippen molar-refractivity contribution in [1.82, 2.24) is 10.6 Å². The van der Waals surface area contributed by atoms with Crippen molar-refractivity contribution in [3.05, 3.63) is 65.2 Å². The van der Waals surface area contributed by atoms with E-state index in [2.05, 4.69) is 16.7 Å². The number of carbonyl (C=O) groups is 2. The molecule has 0 spiro atoms. The number of rotatable bonds is 9. The van der Waals surface area contributed by atoms with Crippen molar-refractivity contribution in [2.75, 3.05) is 39.5 Å². The predicted molar refractivity (Wildman–Crippen MR) is 113 cm³/mol. The summed E-state index contributed by atoms with van der Waals surface area (Å²) in [7, 11) is 0. The molecule has 1 heterocycles. The molecule has 0 radical (unpaired) electrons. The Morgan fingerprint density at radius 1 is 1.00 bits per heavy atom. The van der Waals surface area contributed by atoms with Gasteiger partial charge in [0.15, 0.2) is 0 Å². The van der Waals surface area contributed by atoms with E-state index in [9.17, 15) is 9.59 Å². The number of quaternary nitrogens is 1. The third kappa shape index (κ3) is 6.57. The first-order chi connectivity index (χ1) is 14.7. The summed E-state index contributed by atoms with van der Waals surface area (Å²) >= 11 is 0. The molecular formula is C23H30N3O4+. The standard InChI is InChI=1S/C23H29N3O4/c1-2-30-21-9-7-18(8-10-21)23(28)25-16-22(27)24-15-19-5-3-4-6-20(19)17-26-11-13-29-14-12-26/h3-10H,2,11-17H2,1H3,(H,24,27)(H,25,28)/p+1. The topological polar surface area (TPSA) is 81.1 Å². The van der Waals surface area contributed by atoms with Gasteiger partial charge in [-0.1, -0.05) is 24.3 Å². The minimum atomic E-state index is -0.287. The molecule has 0 saturated carbocycles. The van der Waals surface area contributed by atoms with Gasteiger partial charge in [-0.25, -0.2) is 0 Å². The Balaban J connectivity index is 1.46. The molecule has 7 heteroatoms. The van der Waals surface area contributed by atoms with Crippen molar-refractivity contribution in [3.63, 3.8) is 0 Å². The van der Waals surface area contributed by atoms with Crippen LogP contribution in [0, 0.1) is 0 Å². The fraction of sp³-hybridized carbons (Fsp3) is 0.391. The maximum absolute atomic E-state index is 12.2. The second-order valence-corrected chi connectivity index (χ2v) is 7.22. The fourth-order valence-corrected chi connectivity index (χ4v) is 3.40. The van der Waals surface area contributed by atoms with Crippen molar-refractivity contribution in [2.24, 2.45) is 0 Å². The molecule has 0 aliphatic carbocycles. The van der Waals surface area contributed by atoms with E-state index < -0.39 is 0 Å². The third-order valence-electron chi connectivity index (χ3n) is 5.07. The Kier molecular flexibility index (Phi) is 8.23. The molecule has 3 N–H and O–H groups in total. The molecular weight excluding hydrogens is 382 g/mol. The molecule has 0 atom stereocenters.